The Bertz CT molecular complexity index is 1390. The molecule has 1 amide bonds. The van der Waals surface area contributed by atoms with Crippen LogP contribution in [0.25, 0.3) is 10.1 Å². The zero-order chi connectivity index (χ0) is 21.9. The van der Waals surface area contributed by atoms with E-state index in [2.05, 4.69) is 39.9 Å². The molecule has 0 saturated carbocycles. The Balaban J connectivity index is 1.30. The fourth-order valence-corrected chi connectivity index (χ4v) is 4.59. The molecule has 3 aromatic carbocycles. The molecule has 0 aliphatic rings. The van der Waals surface area contributed by atoms with Crippen molar-refractivity contribution < 1.29 is 4.79 Å². The van der Waals surface area contributed by atoms with Crippen molar-refractivity contribution >= 4 is 38.7 Å². The second-order valence-electron chi connectivity index (χ2n) is 7.59. The quantitative estimate of drug-likeness (QED) is 0.366. The zero-order valence-electron chi connectivity index (χ0n) is 17.2. The van der Waals surface area contributed by atoms with E-state index in [9.17, 15) is 4.79 Å². The summed E-state index contributed by atoms with van der Waals surface area (Å²) >= 11 is 1.46. The summed E-state index contributed by atoms with van der Waals surface area (Å²) in [7, 11) is 0. The van der Waals surface area contributed by atoms with Crippen molar-refractivity contribution in [3.63, 3.8) is 0 Å². The molecule has 3 N–H and O–H groups in total. The molecule has 6 nitrogen and oxygen atoms in total. The third-order valence-corrected chi connectivity index (χ3v) is 6.27. The monoisotopic (exact) mass is 439 g/mol. The van der Waals surface area contributed by atoms with Crippen LogP contribution in [0.5, 0.6) is 0 Å². The lowest BCUT2D eigenvalue weighted by Crippen LogP contribution is -2.11. The van der Waals surface area contributed by atoms with Crippen molar-refractivity contribution in [2.45, 2.75) is 13.0 Å². The minimum Gasteiger partial charge on any atom is -0.397 e. The first-order valence-corrected chi connectivity index (χ1v) is 11.1. The van der Waals surface area contributed by atoms with Gasteiger partial charge in [-0.2, -0.15) is 0 Å². The molecule has 0 atom stereocenters. The maximum absolute atomic E-state index is 12.7. The Morgan fingerprint density at radius 2 is 1.78 bits per heavy atom. The number of nitrogens with two attached hydrogens (primary N) is 1. The van der Waals surface area contributed by atoms with Gasteiger partial charge in [0.05, 0.1) is 28.5 Å². The van der Waals surface area contributed by atoms with Gasteiger partial charge in [0.1, 0.15) is 0 Å². The van der Waals surface area contributed by atoms with Crippen molar-refractivity contribution in [3.8, 4) is 0 Å². The Kier molecular flexibility index (Phi) is 5.39. The first-order valence-electron chi connectivity index (χ1n) is 10.3. The number of benzene rings is 3. The number of fused-ring (bicyclic) bond motifs is 1. The summed E-state index contributed by atoms with van der Waals surface area (Å²) in [6.45, 7) is 0.623. The largest absolute Gasteiger partial charge is 0.397 e. The molecule has 0 radical (unpaired) electrons. The molecule has 0 spiro atoms. The molecule has 0 bridgehead atoms. The lowest BCUT2D eigenvalue weighted by Gasteiger charge is -2.05. The highest BCUT2D eigenvalue weighted by molar-refractivity contribution is 7.20. The average molecular weight is 440 g/mol. The Labute approximate surface area is 189 Å². The number of carbonyl (C=O) groups excluding carboxylic acids is 1. The van der Waals surface area contributed by atoms with Crippen LogP contribution in [0.2, 0.25) is 0 Å². The minimum absolute atomic E-state index is 0.160. The number of carbonyl (C=O) groups is 1. The topological polar surface area (TPSA) is 85.8 Å². The van der Waals surface area contributed by atoms with Gasteiger partial charge in [-0.05, 0) is 40.8 Å². The van der Waals surface area contributed by atoms with Crippen LogP contribution in [-0.4, -0.2) is 20.9 Å². The van der Waals surface area contributed by atoms with Crippen molar-refractivity contribution in [1.29, 1.82) is 0 Å². The SMILES string of the molecule is Nc1ccccc1NC(=O)c1cc2ccc(Cn3cc(Cc4ccccc4)nn3)cc2s1. The van der Waals surface area contributed by atoms with Crippen LogP contribution >= 0.6 is 11.3 Å². The van der Waals surface area contributed by atoms with E-state index < -0.39 is 0 Å². The molecule has 5 aromatic rings. The third-order valence-electron chi connectivity index (χ3n) is 5.18. The van der Waals surface area contributed by atoms with E-state index in [4.69, 9.17) is 5.73 Å². The first kappa shape index (κ1) is 20.0. The summed E-state index contributed by atoms with van der Waals surface area (Å²) in [4.78, 5) is 13.3. The molecule has 0 unspecified atom stereocenters. The Morgan fingerprint density at radius 3 is 2.62 bits per heavy atom. The first-order chi connectivity index (χ1) is 15.6. The van der Waals surface area contributed by atoms with Crippen LogP contribution in [0.3, 0.4) is 0 Å². The van der Waals surface area contributed by atoms with Gasteiger partial charge in [-0.1, -0.05) is 59.8 Å². The van der Waals surface area contributed by atoms with Gasteiger partial charge < -0.3 is 11.1 Å². The number of aromatic nitrogens is 3. The van der Waals surface area contributed by atoms with E-state index in [0.29, 0.717) is 22.8 Å². The molecular weight excluding hydrogens is 418 g/mol. The molecular formula is C25H21N5OS. The maximum Gasteiger partial charge on any atom is 0.265 e. The van der Waals surface area contributed by atoms with Crippen molar-refractivity contribution in [1.82, 2.24) is 15.0 Å². The summed E-state index contributed by atoms with van der Waals surface area (Å²) in [5.74, 6) is -0.160. The van der Waals surface area contributed by atoms with E-state index in [1.54, 1.807) is 12.1 Å². The number of anilines is 2. The Hall–Kier alpha value is -3.97. The van der Waals surface area contributed by atoms with Crippen LogP contribution in [0.1, 0.15) is 26.5 Å². The molecule has 158 valence electrons. The van der Waals surface area contributed by atoms with Gasteiger partial charge in [-0.25, -0.2) is 4.68 Å². The number of hydrogen-bond acceptors (Lipinski definition) is 5. The summed E-state index contributed by atoms with van der Waals surface area (Å²) in [5, 5.41) is 12.5. The molecule has 2 aromatic heterocycles. The van der Waals surface area contributed by atoms with E-state index in [1.165, 1.54) is 16.9 Å². The van der Waals surface area contributed by atoms with Gasteiger partial charge in [0.15, 0.2) is 0 Å². The van der Waals surface area contributed by atoms with Gasteiger partial charge in [0.2, 0.25) is 0 Å². The lowest BCUT2D eigenvalue weighted by atomic mass is 10.1. The molecule has 7 heteroatoms. The summed E-state index contributed by atoms with van der Waals surface area (Å²) in [6, 6.07) is 25.6. The molecule has 5 rings (SSSR count). The van der Waals surface area contributed by atoms with Gasteiger partial charge in [0, 0.05) is 17.3 Å². The van der Waals surface area contributed by atoms with Gasteiger partial charge in [0.25, 0.3) is 5.91 Å². The van der Waals surface area contributed by atoms with Crippen LogP contribution in [0.15, 0.2) is 85.1 Å². The highest BCUT2D eigenvalue weighted by atomic mass is 32.1. The minimum atomic E-state index is -0.160. The number of para-hydroxylation sites is 2. The number of hydrogen-bond donors (Lipinski definition) is 2. The second-order valence-corrected chi connectivity index (χ2v) is 8.68. The maximum atomic E-state index is 12.7. The van der Waals surface area contributed by atoms with Crippen LogP contribution in [-0.2, 0) is 13.0 Å². The number of amides is 1. The Morgan fingerprint density at radius 1 is 0.969 bits per heavy atom. The molecule has 2 heterocycles. The smallest absolute Gasteiger partial charge is 0.265 e. The van der Waals surface area contributed by atoms with Crippen LogP contribution in [0, 0.1) is 0 Å². The van der Waals surface area contributed by atoms with E-state index in [1.807, 2.05) is 53.3 Å². The average Bonchev–Trinajstić information content (AvgIpc) is 3.42. The molecule has 0 saturated heterocycles. The third kappa shape index (κ3) is 4.38. The molecule has 0 fully saturated rings. The number of nitrogen functional groups attached to an aromatic ring is 1. The number of nitrogens with zero attached hydrogens (tertiary/aromatic N) is 3. The predicted octanol–water partition coefficient (Wildman–Crippen LogP) is 4.97. The zero-order valence-corrected chi connectivity index (χ0v) is 18.0. The van der Waals surface area contributed by atoms with E-state index in [0.717, 1.165) is 27.8 Å². The standard InChI is InChI=1S/C25H21N5OS/c26-21-8-4-5-9-22(21)27-25(31)24-14-19-11-10-18(13-23(19)32-24)15-30-16-20(28-29-30)12-17-6-2-1-3-7-17/h1-11,13-14,16H,12,15,26H2,(H,27,31). The second kappa shape index (κ2) is 8.64. The summed E-state index contributed by atoms with van der Waals surface area (Å²) < 4.78 is 2.90. The van der Waals surface area contributed by atoms with Gasteiger partial charge in [-0.15, -0.1) is 16.4 Å². The van der Waals surface area contributed by atoms with Crippen molar-refractivity contribution in [2.75, 3.05) is 11.1 Å². The van der Waals surface area contributed by atoms with Crippen molar-refractivity contribution in [2.24, 2.45) is 0 Å². The fourth-order valence-electron chi connectivity index (χ4n) is 3.57. The molecule has 32 heavy (non-hydrogen) atoms. The predicted molar refractivity (Wildman–Crippen MR) is 129 cm³/mol. The van der Waals surface area contributed by atoms with E-state index in [-0.39, 0.29) is 5.91 Å². The fraction of sp³-hybridized carbons (Fsp3) is 0.0800. The highest BCUT2D eigenvalue weighted by Crippen LogP contribution is 2.28. The normalized spacial score (nSPS) is 11.0. The molecule has 0 aliphatic heterocycles. The van der Waals surface area contributed by atoms with Gasteiger partial charge in [-0.3, -0.25) is 4.79 Å². The van der Waals surface area contributed by atoms with Gasteiger partial charge >= 0.3 is 0 Å². The summed E-state index contributed by atoms with van der Waals surface area (Å²) in [6.07, 6.45) is 2.74. The van der Waals surface area contributed by atoms with E-state index >= 15 is 0 Å². The van der Waals surface area contributed by atoms with Crippen LogP contribution < -0.4 is 11.1 Å². The summed E-state index contributed by atoms with van der Waals surface area (Å²) in [5.41, 5.74) is 10.4. The highest BCUT2D eigenvalue weighted by Gasteiger charge is 2.12. The van der Waals surface area contributed by atoms with Crippen molar-refractivity contribution in [3.05, 3.63) is 107 Å². The molecule has 0 aliphatic carbocycles. The van der Waals surface area contributed by atoms with Crippen LogP contribution in [0.4, 0.5) is 11.4 Å². The number of thiophene rings is 1. The number of nitrogens with one attached hydrogen (secondary N) is 1. The lowest BCUT2D eigenvalue weighted by molar-refractivity contribution is 0.103. The number of rotatable bonds is 6.